The van der Waals surface area contributed by atoms with Crippen molar-refractivity contribution in [3.63, 3.8) is 0 Å². The van der Waals surface area contributed by atoms with E-state index in [1.165, 1.54) is 5.56 Å². The molecule has 0 aliphatic carbocycles. The molecule has 4 fully saturated rings. The molecule has 5 rings (SSSR count). The third-order valence-corrected chi connectivity index (χ3v) is 5.69. The Hall–Kier alpha value is -0.900. The van der Waals surface area contributed by atoms with Crippen LogP contribution in [0.3, 0.4) is 0 Å². The molecule has 4 heterocycles. The maximum absolute atomic E-state index is 11.0. The van der Waals surface area contributed by atoms with E-state index >= 15 is 0 Å². The maximum Gasteiger partial charge on any atom is 0.0739 e. The smallest absolute Gasteiger partial charge is 0.0739 e. The summed E-state index contributed by atoms with van der Waals surface area (Å²) in [6, 6.07) is 10.6. The maximum atomic E-state index is 11.0. The summed E-state index contributed by atoms with van der Waals surface area (Å²) in [6.07, 6.45) is 0.291. The zero-order valence-electron chi connectivity index (χ0n) is 11.7. The normalized spacial score (nSPS) is 51.5. The van der Waals surface area contributed by atoms with Gasteiger partial charge < -0.3 is 5.11 Å². The minimum absolute atomic E-state index is 0.0127. The molecule has 4 aliphatic rings. The van der Waals surface area contributed by atoms with Crippen molar-refractivity contribution in [2.24, 2.45) is 5.41 Å². The van der Waals surface area contributed by atoms with E-state index in [2.05, 4.69) is 54.0 Å². The van der Waals surface area contributed by atoms with Crippen molar-refractivity contribution < 1.29 is 5.11 Å². The van der Waals surface area contributed by atoms with Crippen LogP contribution in [0.2, 0.25) is 0 Å². The predicted octanol–water partition coefficient (Wildman–Crippen LogP) is 1.28. The first-order chi connectivity index (χ1) is 9.05. The molecule has 102 valence electrons. The van der Waals surface area contributed by atoms with Crippen LogP contribution in [-0.4, -0.2) is 53.4 Å². The lowest BCUT2D eigenvalue weighted by Crippen LogP contribution is -2.81. The molecule has 3 nitrogen and oxygen atoms in total. The molecular weight excluding hydrogens is 236 g/mol. The van der Waals surface area contributed by atoms with Gasteiger partial charge in [0, 0.05) is 37.0 Å². The van der Waals surface area contributed by atoms with Crippen LogP contribution in [0.15, 0.2) is 30.3 Å². The molecule has 1 aromatic carbocycles. The van der Waals surface area contributed by atoms with Crippen LogP contribution in [0.25, 0.3) is 0 Å². The second kappa shape index (κ2) is 3.60. The second-order valence-corrected chi connectivity index (χ2v) is 7.02. The Balaban J connectivity index is 1.85. The minimum atomic E-state index is -0.234. The first-order valence-electron chi connectivity index (χ1n) is 7.27. The van der Waals surface area contributed by atoms with Gasteiger partial charge in [0.25, 0.3) is 0 Å². The van der Waals surface area contributed by atoms with Gasteiger partial charge >= 0.3 is 0 Å². The van der Waals surface area contributed by atoms with E-state index in [9.17, 15) is 5.11 Å². The van der Waals surface area contributed by atoms with Gasteiger partial charge in [0.05, 0.1) is 12.3 Å². The molecule has 0 spiro atoms. The van der Waals surface area contributed by atoms with Gasteiger partial charge in [-0.3, -0.25) is 9.80 Å². The number of piperidine rings is 2. The third-order valence-electron chi connectivity index (χ3n) is 5.69. The lowest BCUT2D eigenvalue weighted by molar-refractivity contribution is -0.225. The van der Waals surface area contributed by atoms with Crippen molar-refractivity contribution >= 4 is 0 Å². The highest BCUT2D eigenvalue weighted by Crippen LogP contribution is 2.51. The molecule has 0 radical (unpaired) electrons. The van der Waals surface area contributed by atoms with Crippen molar-refractivity contribution in [3.8, 4) is 0 Å². The number of aliphatic hydroxyl groups excluding tert-OH is 1. The summed E-state index contributed by atoms with van der Waals surface area (Å²) < 4.78 is 0. The molecule has 0 amide bonds. The molecule has 19 heavy (non-hydrogen) atoms. The Morgan fingerprint density at radius 2 is 1.63 bits per heavy atom. The quantitative estimate of drug-likeness (QED) is 0.822. The predicted molar refractivity (Wildman–Crippen MR) is 74.8 cm³/mol. The van der Waals surface area contributed by atoms with Crippen LogP contribution in [-0.2, 0) is 5.41 Å². The average molecular weight is 258 g/mol. The summed E-state index contributed by atoms with van der Waals surface area (Å²) in [5.74, 6) is 0. The zero-order valence-corrected chi connectivity index (χ0v) is 11.7. The van der Waals surface area contributed by atoms with Crippen molar-refractivity contribution in [1.29, 1.82) is 0 Å². The molecule has 4 aliphatic heterocycles. The molecule has 0 saturated carbocycles. The highest BCUT2D eigenvalue weighted by molar-refractivity contribution is 5.34. The fraction of sp³-hybridized carbons (Fsp3) is 0.625. The summed E-state index contributed by atoms with van der Waals surface area (Å²) in [6.45, 7) is 8.59. The Kier molecular flexibility index (Phi) is 2.25. The second-order valence-electron chi connectivity index (χ2n) is 7.02. The van der Waals surface area contributed by atoms with Crippen LogP contribution in [0.1, 0.15) is 19.4 Å². The SMILES string of the molecule is CC1N2CC3(C)CN1CC(c1ccccc1)(C2)[C@@H]3O. The van der Waals surface area contributed by atoms with Crippen molar-refractivity contribution in [2.75, 3.05) is 26.2 Å². The summed E-state index contributed by atoms with van der Waals surface area (Å²) in [4.78, 5) is 5.10. The van der Waals surface area contributed by atoms with Gasteiger partial charge in [-0.1, -0.05) is 37.3 Å². The van der Waals surface area contributed by atoms with Crippen LogP contribution in [0.4, 0.5) is 0 Å². The van der Waals surface area contributed by atoms with Crippen molar-refractivity contribution in [1.82, 2.24) is 9.80 Å². The van der Waals surface area contributed by atoms with Crippen molar-refractivity contribution in [3.05, 3.63) is 35.9 Å². The fourth-order valence-corrected chi connectivity index (χ4v) is 4.75. The molecule has 2 unspecified atom stereocenters. The molecule has 4 bridgehead atoms. The topological polar surface area (TPSA) is 26.7 Å². The van der Waals surface area contributed by atoms with E-state index in [1.807, 2.05) is 0 Å². The standard InChI is InChI=1S/C16H22N2O/c1-12-17-8-15(2)9-18(12)11-16(10-17,14(15)19)13-6-4-3-5-7-13/h3-7,12,14,19H,8-11H2,1-2H3/t12?,14-,15?,16?/m1/s1. The van der Waals surface area contributed by atoms with Crippen LogP contribution in [0, 0.1) is 5.41 Å². The Bertz CT molecular complexity index is 485. The molecule has 3 heteroatoms. The van der Waals surface area contributed by atoms with Gasteiger partial charge in [-0.05, 0) is 12.5 Å². The monoisotopic (exact) mass is 258 g/mol. The third kappa shape index (κ3) is 1.38. The Morgan fingerprint density at radius 3 is 2.21 bits per heavy atom. The van der Waals surface area contributed by atoms with E-state index in [4.69, 9.17) is 0 Å². The summed E-state index contributed by atoms with van der Waals surface area (Å²) >= 11 is 0. The lowest BCUT2D eigenvalue weighted by Gasteiger charge is -2.68. The molecular formula is C16H22N2O. The molecule has 1 aromatic rings. The molecule has 1 N–H and O–H groups in total. The van der Waals surface area contributed by atoms with E-state index in [1.54, 1.807) is 0 Å². The van der Waals surface area contributed by atoms with Crippen molar-refractivity contribution in [2.45, 2.75) is 31.5 Å². The van der Waals surface area contributed by atoms with Gasteiger partial charge in [-0.25, -0.2) is 0 Å². The van der Waals surface area contributed by atoms with Crippen LogP contribution >= 0.6 is 0 Å². The summed E-state index contributed by atoms with van der Waals surface area (Å²) in [5, 5.41) is 11.0. The van der Waals surface area contributed by atoms with E-state index in [-0.39, 0.29) is 16.9 Å². The minimum Gasteiger partial charge on any atom is -0.391 e. The molecule has 0 aromatic heterocycles. The largest absolute Gasteiger partial charge is 0.391 e. The van der Waals surface area contributed by atoms with Gasteiger partial charge in [-0.2, -0.15) is 0 Å². The number of hydrogen-bond donors (Lipinski definition) is 1. The summed E-state index contributed by atoms with van der Waals surface area (Å²) in [5.41, 5.74) is 1.22. The Morgan fingerprint density at radius 1 is 1.05 bits per heavy atom. The summed E-state index contributed by atoms with van der Waals surface area (Å²) in [7, 11) is 0. The lowest BCUT2D eigenvalue weighted by atomic mass is 9.57. The number of aliphatic hydroxyl groups is 1. The Labute approximate surface area is 114 Å². The zero-order chi connectivity index (χ0) is 13.3. The highest BCUT2D eigenvalue weighted by Gasteiger charge is 2.63. The molecule has 4 saturated heterocycles. The number of benzene rings is 1. The number of nitrogens with zero attached hydrogens (tertiary/aromatic N) is 2. The highest BCUT2D eigenvalue weighted by atomic mass is 16.3. The van der Waals surface area contributed by atoms with Crippen LogP contribution in [0.5, 0.6) is 0 Å². The number of rotatable bonds is 1. The first-order valence-corrected chi connectivity index (χ1v) is 7.27. The van der Waals surface area contributed by atoms with Gasteiger partial charge in [-0.15, -0.1) is 0 Å². The fourth-order valence-electron chi connectivity index (χ4n) is 4.75. The first kappa shape index (κ1) is 11.9. The van der Waals surface area contributed by atoms with E-state index < -0.39 is 0 Å². The van der Waals surface area contributed by atoms with E-state index in [0.717, 1.165) is 26.2 Å². The molecule has 3 atom stereocenters. The van der Waals surface area contributed by atoms with Crippen LogP contribution < -0.4 is 0 Å². The average Bonchev–Trinajstić information content (AvgIpc) is 2.40. The van der Waals surface area contributed by atoms with E-state index in [0.29, 0.717) is 6.17 Å². The van der Waals surface area contributed by atoms with Gasteiger partial charge in [0.2, 0.25) is 0 Å². The van der Waals surface area contributed by atoms with Gasteiger partial charge in [0.1, 0.15) is 0 Å². The van der Waals surface area contributed by atoms with Gasteiger partial charge in [0.15, 0.2) is 0 Å². The number of hydrogen-bond acceptors (Lipinski definition) is 3.